The van der Waals surface area contributed by atoms with Gasteiger partial charge in [-0.15, -0.1) is 0 Å². The van der Waals surface area contributed by atoms with Gasteiger partial charge in [0.25, 0.3) is 0 Å². The van der Waals surface area contributed by atoms with Crippen LogP contribution in [0.15, 0.2) is 24.3 Å². The van der Waals surface area contributed by atoms with Gasteiger partial charge in [-0.25, -0.2) is 4.79 Å². The number of rotatable bonds is 6. The number of hydrogen-bond donors (Lipinski definition) is 1. The molecule has 0 aromatic heterocycles. The first-order valence-electron chi connectivity index (χ1n) is 9.73. The molecule has 3 unspecified atom stereocenters. The topological polar surface area (TPSA) is 75.3 Å². The zero-order chi connectivity index (χ0) is 22.7. The van der Waals surface area contributed by atoms with E-state index in [0.717, 1.165) is 11.1 Å². The van der Waals surface area contributed by atoms with E-state index in [1.54, 1.807) is 46.5 Å². The Morgan fingerprint density at radius 3 is 2.26 bits per heavy atom. The molecule has 3 rings (SSSR count). The molecule has 31 heavy (non-hydrogen) atoms. The van der Waals surface area contributed by atoms with E-state index in [1.165, 1.54) is 0 Å². The minimum absolute atomic E-state index is 0.209. The van der Waals surface area contributed by atoms with Crippen LogP contribution < -0.4 is 19.5 Å². The van der Waals surface area contributed by atoms with Crippen molar-refractivity contribution in [2.75, 3.05) is 33.3 Å². The Hall–Kier alpha value is -2.51. The molecule has 7 nitrogen and oxygen atoms in total. The summed E-state index contributed by atoms with van der Waals surface area (Å²) in [5.41, 5.74) is 2.27. The first-order valence-corrected chi connectivity index (χ1v) is 10.5. The molecular weight excluding hydrogens is 445 g/mol. The maximum atomic E-state index is 12.1. The highest BCUT2D eigenvalue weighted by atomic mass is 35.5. The lowest BCUT2D eigenvalue weighted by molar-refractivity contribution is 0.0136. The average molecular weight is 470 g/mol. The molecular formula is C22H25Cl2NO6. The highest BCUT2D eigenvalue weighted by Gasteiger charge is 2.40. The second-order valence-electron chi connectivity index (χ2n) is 7.00. The number of carbonyl (C=O) groups excluding carboxylic acids is 1. The van der Waals surface area contributed by atoms with Gasteiger partial charge in [0.2, 0.25) is 0 Å². The van der Waals surface area contributed by atoms with E-state index in [9.17, 15) is 4.79 Å². The van der Waals surface area contributed by atoms with Crippen LogP contribution in [-0.4, -0.2) is 40.3 Å². The number of carbonyl (C=O) groups is 1. The molecule has 0 spiro atoms. The van der Waals surface area contributed by atoms with Gasteiger partial charge in [-0.1, -0.05) is 30.1 Å². The SMILES string of the molecule is CCOC(=O)OC1Nc2cc(Cl)cc(Cl)c2C(c2cc(OC)c(OC)cc2OC)C1C. The van der Waals surface area contributed by atoms with Gasteiger partial charge in [0.05, 0.1) is 27.9 Å². The summed E-state index contributed by atoms with van der Waals surface area (Å²) >= 11 is 12.9. The molecule has 2 aromatic carbocycles. The molecule has 0 fully saturated rings. The zero-order valence-corrected chi connectivity index (χ0v) is 19.5. The van der Waals surface area contributed by atoms with Crippen LogP contribution in [0.2, 0.25) is 10.0 Å². The summed E-state index contributed by atoms with van der Waals surface area (Å²) in [7, 11) is 4.70. The van der Waals surface area contributed by atoms with Gasteiger partial charge in [-0.05, 0) is 25.1 Å². The van der Waals surface area contributed by atoms with E-state index >= 15 is 0 Å². The Labute approximate surface area is 191 Å². The molecule has 0 saturated heterocycles. The molecule has 168 valence electrons. The highest BCUT2D eigenvalue weighted by molar-refractivity contribution is 6.35. The number of nitrogens with one attached hydrogen (secondary N) is 1. The standard InChI is InChI=1S/C22H25Cl2NO6/c1-6-30-22(26)31-21-11(2)19(20-14(24)7-12(23)8-15(20)25-21)13-9-17(28-4)18(29-5)10-16(13)27-3/h7-11,19,21,25H,6H2,1-5H3. The molecule has 0 radical (unpaired) electrons. The molecule has 3 atom stereocenters. The first kappa shape index (κ1) is 23.2. The fourth-order valence-corrected chi connectivity index (χ4v) is 4.48. The molecule has 1 heterocycles. The minimum atomic E-state index is -0.763. The molecule has 0 aliphatic carbocycles. The normalized spacial score (nSPS) is 19.6. The van der Waals surface area contributed by atoms with Crippen LogP contribution in [0.1, 0.15) is 30.9 Å². The van der Waals surface area contributed by atoms with Gasteiger partial charge in [0.15, 0.2) is 17.7 Å². The van der Waals surface area contributed by atoms with Gasteiger partial charge >= 0.3 is 6.16 Å². The number of hydrogen-bond acceptors (Lipinski definition) is 7. The van der Waals surface area contributed by atoms with Crippen molar-refractivity contribution in [1.29, 1.82) is 0 Å². The second-order valence-corrected chi connectivity index (χ2v) is 7.84. The number of methoxy groups -OCH3 is 3. The average Bonchev–Trinajstić information content (AvgIpc) is 2.74. The number of fused-ring (bicyclic) bond motifs is 1. The maximum Gasteiger partial charge on any atom is 0.510 e. The van der Waals surface area contributed by atoms with Crippen molar-refractivity contribution in [3.63, 3.8) is 0 Å². The molecule has 0 amide bonds. The Balaban J connectivity index is 2.19. The molecule has 1 aliphatic heterocycles. The largest absolute Gasteiger partial charge is 0.510 e. The lowest BCUT2D eigenvalue weighted by Gasteiger charge is -2.39. The summed E-state index contributed by atoms with van der Waals surface area (Å²) in [6.07, 6.45) is -1.45. The summed E-state index contributed by atoms with van der Waals surface area (Å²) in [5.74, 6) is 1.10. The molecule has 9 heteroatoms. The second kappa shape index (κ2) is 9.75. The fourth-order valence-electron chi connectivity index (χ4n) is 3.87. The quantitative estimate of drug-likeness (QED) is 0.542. The van der Waals surface area contributed by atoms with Crippen molar-refractivity contribution in [2.24, 2.45) is 5.92 Å². The van der Waals surface area contributed by atoms with Gasteiger partial charge in [0.1, 0.15) is 5.75 Å². The Kier molecular flexibility index (Phi) is 7.28. The monoisotopic (exact) mass is 469 g/mol. The third kappa shape index (κ3) is 4.57. The number of anilines is 1. The van der Waals surface area contributed by atoms with Crippen LogP contribution in [0.3, 0.4) is 0 Å². The van der Waals surface area contributed by atoms with Crippen molar-refractivity contribution in [2.45, 2.75) is 26.0 Å². The predicted octanol–water partition coefficient (Wildman–Crippen LogP) is 5.71. The predicted molar refractivity (Wildman–Crippen MR) is 119 cm³/mol. The van der Waals surface area contributed by atoms with E-state index < -0.39 is 12.4 Å². The molecule has 1 aliphatic rings. The van der Waals surface area contributed by atoms with Crippen LogP contribution in [0.4, 0.5) is 10.5 Å². The van der Waals surface area contributed by atoms with Gasteiger partial charge in [-0.3, -0.25) is 0 Å². The van der Waals surface area contributed by atoms with Crippen molar-refractivity contribution in [3.05, 3.63) is 45.4 Å². The number of ether oxygens (including phenoxy) is 5. The summed E-state index contributed by atoms with van der Waals surface area (Å²) in [6, 6.07) is 7.04. The third-order valence-corrected chi connectivity index (χ3v) is 5.79. The van der Waals surface area contributed by atoms with Gasteiger partial charge < -0.3 is 29.0 Å². The van der Waals surface area contributed by atoms with Gasteiger partial charge in [-0.2, -0.15) is 0 Å². The highest BCUT2D eigenvalue weighted by Crippen LogP contribution is 2.51. The van der Waals surface area contributed by atoms with E-state index in [-0.39, 0.29) is 18.4 Å². The van der Waals surface area contributed by atoms with Crippen molar-refractivity contribution >= 4 is 35.0 Å². The summed E-state index contributed by atoms with van der Waals surface area (Å²) < 4.78 is 27.1. The maximum absolute atomic E-state index is 12.1. The van der Waals surface area contributed by atoms with Crippen LogP contribution in [0.5, 0.6) is 17.2 Å². The number of benzene rings is 2. The van der Waals surface area contributed by atoms with E-state index in [2.05, 4.69) is 5.32 Å². The lowest BCUT2D eigenvalue weighted by atomic mass is 9.77. The van der Waals surface area contributed by atoms with Crippen LogP contribution >= 0.6 is 23.2 Å². The smallest absolute Gasteiger partial charge is 0.496 e. The van der Waals surface area contributed by atoms with Crippen LogP contribution in [0, 0.1) is 5.92 Å². The van der Waals surface area contributed by atoms with Gasteiger partial charge in [0, 0.05) is 44.8 Å². The van der Waals surface area contributed by atoms with E-state index in [0.29, 0.717) is 33.0 Å². The fraction of sp³-hybridized carbons (Fsp3) is 0.409. The van der Waals surface area contributed by atoms with Crippen molar-refractivity contribution in [3.8, 4) is 17.2 Å². The summed E-state index contributed by atoms with van der Waals surface area (Å²) in [5, 5.41) is 4.16. The van der Waals surface area contributed by atoms with Crippen molar-refractivity contribution in [1.82, 2.24) is 0 Å². The Morgan fingerprint density at radius 1 is 1.00 bits per heavy atom. The third-order valence-electron chi connectivity index (χ3n) is 5.26. The molecule has 2 aromatic rings. The number of halogens is 2. The van der Waals surface area contributed by atoms with Crippen LogP contribution in [0.25, 0.3) is 0 Å². The lowest BCUT2D eigenvalue weighted by Crippen LogP contribution is -2.40. The first-order chi connectivity index (χ1) is 14.8. The summed E-state index contributed by atoms with van der Waals surface area (Å²) in [4.78, 5) is 12.1. The molecule has 0 bridgehead atoms. The minimum Gasteiger partial charge on any atom is -0.496 e. The molecule has 0 saturated carbocycles. The zero-order valence-electron chi connectivity index (χ0n) is 18.0. The van der Waals surface area contributed by atoms with Crippen molar-refractivity contribution < 1.29 is 28.5 Å². The van der Waals surface area contributed by atoms with E-state index in [1.807, 2.05) is 13.0 Å². The Bertz CT molecular complexity index is 968. The van der Waals surface area contributed by atoms with E-state index in [4.69, 9.17) is 46.9 Å². The Morgan fingerprint density at radius 2 is 1.65 bits per heavy atom. The van der Waals surface area contributed by atoms with Crippen LogP contribution in [-0.2, 0) is 9.47 Å². The summed E-state index contributed by atoms with van der Waals surface area (Å²) in [6.45, 7) is 3.87. The molecule has 1 N–H and O–H groups in total.